The zero-order chi connectivity index (χ0) is 13.3. The second kappa shape index (κ2) is 5.21. The van der Waals surface area contributed by atoms with Gasteiger partial charge in [-0.2, -0.15) is 0 Å². The van der Waals surface area contributed by atoms with Gasteiger partial charge in [-0.25, -0.2) is 0 Å². The molecule has 0 saturated carbocycles. The van der Waals surface area contributed by atoms with Crippen molar-refractivity contribution >= 4 is 33.2 Å². The molecule has 1 N–H and O–H groups in total. The van der Waals surface area contributed by atoms with Gasteiger partial charge in [-0.15, -0.1) is 0 Å². The topological polar surface area (TPSA) is 23.5 Å². The minimum Gasteiger partial charge on any atom is -0.508 e. The Morgan fingerprint density at radius 2 is 2.11 bits per heavy atom. The van der Waals surface area contributed by atoms with Gasteiger partial charge in [0.2, 0.25) is 0 Å². The molecule has 0 aliphatic carbocycles. The van der Waals surface area contributed by atoms with Crippen LogP contribution >= 0.6 is 27.5 Å². The van der Waals surface area contributed by atoms with Crippen molar-refractivity contribution in [3.05, 3.63) is 57.7 Å². The molecular weight excluding hydrogens is 314 g/mol. The number of phenolic OH excluding ortho intramolecular Hbond substituents is 1. The molecule has 18 heavy (non-hydrogen) atoms. The van der Waals surface area contributed by atoms with Crippen molar-refractivity contribution in [3.8, 4) is 5.75 Å². The molecule has 0 bridgehead atoms. The Morgan fingerprint density at radius 3 is 2.72 bits per heavy atom. The highest BCUT2D eigenvalue weighted by atomic mass is 79.9. The highest BCUT2D eigenvalue weighted by Gasteiger charge is 2.20. The Bertz CT molecular complexity index is 563. The molecule has 0 atom stereocenters. The van der Waals surface area contributed by atoms with E-state index in [1.807, 2.05) is 18.2 Å². The third-order valence-corrected chi connectivity index (χ3v) is 3.86. The first-order valence-corrected chi connectivity index (χ1v) is 6.75. The highest BCUT2D eigenvalue weighted by Crippen LogP contribution is 2.36. The number of likely N-dealkylation sites (N-methyl/N-ethyl adjacent to an activating group) is 1. The smallest absolute Gasteiger partial charge is 0.117 e. The summed E-state index contributed by atoms with van der Waals surface area (Å²) in [6, 6.07) is 4.99. The minimum atomic E-state index is 0.166. The maximum absolute atomic E-state index is 9.40. The van der Waals surface area contributed by atoms with Gasteiger partial charge in [-0.3, -0.25) is 0 Å². The van der Waals surface area contributed by atoms with Crippen molar-refractivity contribution < 1.29 is 5.11 Å². The third kappa shape index (κ3) is 2.33. The van der Waals surface area contributed by atoms with Gasteiger partial charge in [0.15, 0.2) is 0 Å². The predicted molar refractivity (Wildman–Crippen MR) is 79.6 cm³/mol. The summed E-state index contributed by atoms with van der Waals surface area (Å²) in [5.41, 5.74) is 2.77. The SMILES string of the molecule is C=C1C(Br)=CC=C(c2ccc(O)cc2Cl)N1CC. The first-order valence-electron chi connectivity index (χ1n) is 5.57. The molecule has 1 aromatic carbocycles. The number of rotatable bonds is 2. The number of allylic oxidation sites excluding steroid dienone is 3. The Labute approximate surface area is 120 Å². The van der Waals surface area contributed by atoms with Crippen LogP contribution in [0.1, 0.15) is 12.5 Å². The van der Waals surface area contributed by atoms with Crippen LogP contribution in [0.15, 0.2) is 47.1 Å². The lowest BCUT2D eigenvalue weighted by atomic mass is 10.1. The minimum absolute atomic E-state index is 0.166. The molecule has 1 aliphatic rings. The van der Waals surface area contributed by atoms with E-state index in [9.17, 15) is 5.11 Å². The number of benzene rings is 1. The van der Waals surface area contributed by atoms with Gasteiger partial charge in [0.25, 0.3) is 0 Å². The molecule has 1 heterocycles. The number of aromatic hydroxyl groups is 1. The van der Waals surface area contributed by atoms with Gasteiger partial charge in [0, 0.05) is 28.0 Å². The van der Waals surface area contributed by atoms with E-state index >= 15 is 0 Å². The van der Waals surface area contributed by atoms with E-state index in [0.29, 0.717) is 5.02 Å². The molecule has 0 fully saturated rings. The first kappa shape index (κ1) is 13.2. The van der Waals surface area contributed by atoms with E-state index in [-0.39, 0.29) is 5.75 Å². The molecule has 0 saturated heterocycles. The zero-order valence-corrected chi connectivity index (χ0v) is 12.3. The number of phenols is 1. The second-order valence-corrected chi connectivity index (χ2v) is 5.18. The maximum atomic E-state index is 9.40. The summed E-state index contributed by atoms with van der Waals surface area (Å²) < 4.78 is 0.961. The molecule has 1 aliphatic heterocycles. The lowest BCUT2D eigenvalue weighted by Gasteiger charge is -2.31. The first-order chi connectivity index (χ1) is 8.54. The second-order valence-electron chi connectivity index (χ2n) is 3.92. The van der Waals surface area contributed by atoms with Gasteiger partial charge in [-0.1, -0.05) is 18.2 Å². The molecule has 94 valence electrons. The van der Waals surface area contributed by atoms with E-state index in [2.05, 4.69) is 34.3 Å². The highest BCUT2D eigenvalue weighted by molar-refractivity contribution is 9.12. The normalized spacial score (nSPS) is 15.5. The van der Waals surface area contributed by atoms with E-state index in [0.717, 1.165) is 28.0 Å². The van der Waals surface area contributed by atoms with Gasteiger partial charge in [-0.05, 0) is 53.2 Å². The summed E-state index contributed by atoms with van der Waals surface area (Å²) in [6.07, 6.45) is 3.94. The van der Waals surface area contributed by atoms with Gasteiger partial charge in [0.1, 0.15) is 5.75 Å². The monoisotopic (exact) mass is 325 g/mol. The Balaban J connectivity index is 2.52. The van der Waals surface area contributed by atoms with Crippen molar-refractivity contribution in [2.45, 2.75) is 6.92 Å². The molecular formula is C14H13BrClNO. The van der Waals surface area contributed by atoms with Gasteiger partial charge >= 0.3 is 0 Å². The van der Waals surface area contributed by atoms with Crippen molar-refractivity contribution in [1.29, 1.82) is 0 Å². The van der Waals surface area contributed by atoms with Crippen LogP contribution in [0.4, 0.5) is 0 Å². The van der Waals surface area contributed by atoms with Gasteiger partial charge < -0.3 is 10.0 Å². The standard InChI is InChI=1S/C14H13BrClNO/c1-3-17-9(2)12(15)6-7-14(17)11-5-4-10(18)8-13(11)16/h4-8,18H,2-3H2,1H3. The molecule has 0 amide bonds. The molecule has 4 heteroatoms. The molecule has 0 aromatic heterocycles. The van der Waals surface area contributed by atoms with Crippen LogP contribution in [0.2, 0.25) is 5.02 Å². The van der Waals surface area contributed by atoms with E-state index in [4.69, 9.17) is 11.6 Å². The Hall–Kier alpha value is -1.19. The summed E-state index contributed by atoms with van der Waals surface area (Å²) in [4.78, 5) is 2.07. The van der Waals surface area contributed by atoms with Crippen molar-refractivity contribution in [2.24, 2.45) is 0 Å². The average Bonchev–Trinajstić information content (AvgIpc) is 2.33. The van der Waals surface area contributed by atoms with Crippen molar-refractivity contribution in [1.82, 2.24) is 4.90 Å². The number of halogens is 2. The summed E-state index contributed by atoms with van der Waals surface area (Å²) in [6.45, 7) is 6.90. The lowest BCUT2D eigenvalue weighted by Crippen LogP contribution is -2.22. The van der Waals surface area contributed by atoms with Crippen LogP contribution in [0.3, 0.4) is 0 Å². The fraction of sp³-hybridized carbons (Fsp3) is 0.143. The van der Waals surface area contributed by atoms with Crippen LogP contribution in [0.5, 0.6) is 5.75 Å². The Kier molecular flexibility index (Phi) is 3.83. The number of hydrogen-bond donors (Lipinski definition) is 1. The molecule has 0 radical (unpaired) electrons. The fourth-order valence-corrected chi connectivity index (χ4v) is 2.54. The molecule has 1 aromatic rings. The summed E-state index contributed by atoms with van der Waals surface area (Å²) >= 11 is 9.65. The molecule has 0 unspecified atom stereocenters. The average molecular weight is 327 g/mol. The lowest BCUT2D eigenvalue weighted by molar-refractivity contribution is 0.475. The van der Waals surface area contributed by atoms with E-state index in [1.165, 1.54) is 0 Å². The van der Waals surface area contributed by atoms with Crippen LogP contribution in [-0.2, 0) is 0 Å². The zero-order valence-electron chi connectivity index (χ0n) is 9.95. The molecule has 2 nitrogen and oxygen atoms in total. The van der Waals surface area contributed by atoms with Crippen LogP contribution in [0, 0.1) is 0 Å². The molecule has 0 spiro atoms. The van der Waals surface area contributed by atoms with Crippen molar-refractivity contribution in [2.75, 3.05) is 6.54 Å². The fourth-order valence-electron chi connectivity index (χ4n) is 1.92. The van der Waals surface area contributed by atoms with Crippen LogP contribution < -0.4 is 0 Å². The van der Waals surface area contributed by atoms with Gasteiger partial charge in [0.05, 0.1) is 5.02 Å². The predicted octanol–water partition coefficient (Wildman–Crippen LogP) is 4.51. The summed E-state index contributed by atoms with van der Waals surface area (Å²) in [5.74, 6) is 0.166. The quantitative estimate of drug-likeness (QED) is 0.864. The third-order valence-electron chi connectivity index (χ3n) is 2.82. The number of nitrogens with zero attached hydrogens (tertiary/aromatic N) is 1. The van der Waals surface area contributed by atoms with Crippen LogP contribution in [0.25, 0.3) is 5.70 Å². The largest absolute Gasteiger partial charge is 0.508 e. The van der Waals surface area contributed by atoms with E-state index < -0.39 is 0 Å². The van der Waals surface area contributed by atoms with E-state index in [1.54, 1.807) is 12.1 Å². The van der Waals surface area contributed by atoms with Crippen molar-refractivity contribution in [3.63, 3.8) is 0 Å². The summed E-state index contributed by atoms with van der Waals surface area (Å²) in [7, 11) is 0. The number of hydrogen-bond acceptors (Lipinski definition) is 2. The molecule has 2 rings (SSSR count). The maximum Gasteiger partial charge on any atom is 0.117 e. The van der Waals surface area contributed by atoms with Crippen LogP contribution in [-0.4, -0.2) is 16.6 Å². The summed E-state index contributed by atoms with van der Waals surface area (Å²) in [5, 5.41) is 9.93. The Morgan fingerprint density at radius 1 is 1.39 bits per heavy atom.